The van der Waals surface area contributed by atoms with Crippen LogP contribution in [0.2, 0.25) is 0 Å². The summed E-state index contributed by atoms with van der Waals surface area (Å²) in [4.78, 5) is 8.41. The van der Waals surface area contributed by atoms with Gasteiger partial charge >= 0.3 is 0 Å². The van der Waals surface area contributed by atoms with Crippen molar-refractivity contribution in [3.8, 4) is 11.4 Å². The zero-order valence-electron chi connectivity index (χ0n) is 15.3. The summed E-state index contributed by atoms with van der Waals surface area (Å²) in [6, 6.07) is 4.45. The minimum absolute atomic E-state index is 0.00897. The molecule has 3 aromatic heterocycles. The van der Waals surface area contributed by atoms with Crippen LogP contribution in [0.15, 0.2) is 35.1 Å². The molecular formula is C17H18BrFN6O3S. The molecule has 0 unspecified atom stereocenters. The highest BCUT2D eigenvalue weighted by molar-refractivity contribution is 9.10. The van der Waals surface area contributed by atoms with Gasteiger partial charge in [0.2, 0.25) is 16.0 Å². The fourth-order valence-corrected chi connectivity index (χ4v) is 4.36. The van der Waals surface area contributed by atoms with E-state index in [1.165, 1.54) is 21.1 Å². The van der Waals surface area contributed by atoms with Crippen LogP contribution >= 0.6 is 15.9 Å². The van der Waals surface area contributed by atoms with Crippen LogP contribution in [0.5, 0.6) is 0 Å². The van der Waals surface area contributed by atoms with Crippen LogP contribution in [0.25, 0.3) is 16.9 Å². The van der Waals surface area contributed by atoms with Gasteiger partial charge in [0.05, 0.1) is 36.0 Å². The van der Waals surface area contributed by atoms with Crippen molar-refractivity contribution in [2.24, 2.45) is 0 Å². The molecule has 3 aromatic rings. The fraction of sp³-hybridized carbons (Fsp3) is 0.353. The quantitative estimate of drug-likeness (QED) is 0.576. The predicted octanol–water partition coefficient (Wildman–Crippen LogP) is 1.50. The second-order valence-corrected chi connectivity index (χ2v) is 9.74. The van der Waals surface area contributed by atoms with Crippen LogP contribution in [0, 0.1) is 5.82 Å². The topological polar surface area (TPSA) is 113 Å². The highest BCUT2D eigenvalue weighted by Crippen LogP contribution is 2.25. The number of aromatic nitrogens is 4. The van der Waals surface area contributed by atoms with Crippen LogP contribution in [-0.2, 0) is 10.0 Å². The van der Waals surface area contributed by atoms with E-state index in [1.807, 2.05) is 0 Å². The number of aliphatic hydroxyl groups excluding tert-OH is 1. The molecule has 1 aliphatic heterocycles. The molecule has 0 saturated carbocycles. The minimum atomic E-state index is -3.36. The molecule has 4 rings (SSSR count). The van der Waals surface area contributed by atoms with E-state index in [2.05, 4.69) is 36.3 Å². The maximum Gasteiger partial charge on any atom is 0.241 e. The predicted molar refractivity (Wildman–Crippen MR) is 108 cm³/mol. The van der Waals surface area contributed by atoms with Crippen molar-refractivity contribution in [1.29, 1.82) is 0 Å². The summed E-state index contributed by atoms with van der Waals surface area (Å²) in [7, 11) is -3.36. The number of aliphatic hydroxyl groups is 1. The Kier molecular flexibility index (Phi) is 5.27. The van der Waals surface area contributed by atoms with Crippen molar-refractivity contribution in [3.05, 3.63) is 40.9 Å². The van der Waals surface area contributed by atoms with Gasteiger partial charge in [-0.3, -0.25) is 4.98 Å². The van der Waals surface area contributed by atoms with Crippen molar-refractivity contribution in [1.82, 2.24) is 23.9 Å². The molecular weight excluding hydrogens is 467 g/mol. The molecule has 0 spiro atoms. The van der Waals surface area contributed by atoms with E-state index < -0.39 is 28.0 Å². The minimum Gasteiger partial charge on any atom is -0.390 e. The number of sulfonamides is 1. The van der Waals surface area contributed by atoms with Gasteiger partial charge in [-0.1, -0.05) is 0 Å². The van der Waals surface area contributed by atoms with Crippen LogP contribution in [0.4, 0.5) is 10.3 Å². The molecule has 154 valence electrons. The van der Waals surface area contributed by atoms with Gasteiger partial charge in [0, 0.05) is 29.8 Å². The summed E-state index contributed by atoms with van der Waals surface area (Å²) in [5.41, 5.74) is 1.20. The van der Waals surface area contributed by atoms with Gasteiger partial charge in [0.15, 0.2) is 5.82 Å². The summed E-state index contributed by atoms with van der Waals surface area (Å²) < 4.78 is 41.1. The molecule has 4 heterocycles. The Morgan fingerprint density at radius 1 is 1.31 bits per heavy atom. The summed E-state index contributed by atoms with van der Waals surface area (Å²) in [6.45, 7) is 0.271. The van der Waals surface area contributed by atoms with E-state index in [0.29, 0.717) is 17.8 Å². The Morgan fingerprint density at radius 2 is 2.10 bits per heavy atom. The van der Waals surface area contributed by atoms with E-state index in [1.54, 1.807) is 18.3 Å². The number of fused-ring (bicyclic) bond motifs is 1. The second-order valence-electron chi connectivity index (χ2n) is 6.85. The normalized spacial score (nSPS) is 20.8. The fourth-order valence-electron chi connectivity index (χ4n) is 3.27. The first-order valence-corrected chi connectivity index (χ1v) is 11.4. The van der Waals surface area contributed by atoms with Gasteiger partial charge in [0.1, 0.15) is 5.52 Å². The number of nitrogens with one attached hydrogen (secondary N) is 1. The molecule has 2 atom stereocenters. The Morgan fingerprint density at radius 3 is 2.76 bits per heavy atom. The lowest BCUT2D eigenvalue weighted by Gasteiger charge is -2.34. The van der Waals surface area contributed by atoms with Crippen LogP contribution in [-0.4, -0.2) is 68.9 Å². The molecule has 1 fully saturated rings. The number of anilines is 1. The largest absolute Gasteiger partial charge is 0.390 e. The van der Waals surface area contributed by atoms with Crippen LogP contribution in [0.3, 0.4) is 0 Å². The summed E-state index contributed by atoms with van der Waals surface area (Å²) in [5, 5.41) is 17.7. The zero-order chi connectivity index (χ0) is 20.8. The number of rotatable bonds is 4. The Hall–Kier alpha value is -2.15. The van der Waals surface area contributed by atoms with E-state index in [9.17, 15) is 17.9 Å². The summed E-state index contributed by atoms with van der Waals surface area (Å²) in [6.07, 6.45) is 3.54. The van der Waals surface area contributed by atoms with Gasteiger partial charge in [-0.25, -0.2) is 22.3 Å². The Balaban J connectivity index is 1.61. The monoisotopic (exact) mass is 484 g/mol. The molecule has 0 radical (unpaired) electrons. The van der Waals surface area contributed by atoms with Gasteiger partial charge in [-0.2, -0.15) is 4.31 Å². The average molecular weight is 485 g/mol. The van der Waals surface area contributed by atoms with Crippen molar-refractivity contribution >= 4 is 37.4 Å². The lowest BCUT2D eigenvalue weighted by molar-refractivity contribution is 0.0950. The third-order valence-corrected chi connectivity index (χ3v) is 6.53. The third-order valence-electron chi connectivity index (χ3n) is 4.79. The van der Waals surface area contributed by atoms with Crippen molar-refractivity contribution in [2.75, 3.05) is 24.7 Å². The molecule has 9 nitrogen and oxygen atoms in total. The number of piperidine rings is 1. The van der Waals surface area contributed by atoms with Crippen LogP contribution in [0.1, 0.15) is 6.42 Å². The molecule has 2 N–H and O–H groups in total. The van der Waals surface area contributed by atoms with Gasteiger partial charge in [0.25, 0.3) is 0 Å². The average Bonchev–Trinajstić information content (AvgIpc) is 2.99. The molecule has 0 aliphatic carbocycles. The standard InChI is InChI=1S/C17H18BrFN6O3S/c1-29(27,28)24-5-4-13(16(26)9-24)22-17-21-8-15-11(19)6-14(25(15)23-17)12-3-2-10(18)7-20-12/h2-3,6-8,13,16,26H,4-5,9H2,1H3,(H,22,23)/t13-,16-/m1/s1. The first kappa shape index (κ1) is 20.1. The molecule has 12 heteroatoms. The van der Waals surface area contributed by atoms with Crippen molar-refractivity contribution in [3.63, 3.8) is 0 Å². The van der Waals surface area contributed by atoms with Gasteiger partial charge < -0.3 is 10.4 Å². The van der Waals surface area contributed by atoms with Crippen molar-refractivity contribution < 1.29 is 17.9 Å². The molecule has 1 saturated heterocycles. The second kappa shape index (κ2) is 7.59. The van der Waals surface area contributed by atoms with Crippen LogP contribution < -0.4 is 5.32 Å². The molecule has 1 aliphatic rings. The summed E-state index contributed by atoms with van der Waals surface area (Å²) in [5.74, 6) is -0.277. The SMILES string of the molecule is CS(=O)(=O)N1CC[C@@H](Nc2ncc3c(F)cc(-c4ccc(Br)cn4)n3n2)[C@H](O)C1. The smallest absolute Gasteiger partial charge is 0.241 e. The molecule has 0 amide bonds. The molecule has 0 bridgehead atoms. The number of β-amino-alcohol motifs (C(OH)–C–C–N with tert-alkyl or cyclic N) is 1. The van der Waals surface area contributed by atoms with Crippen molar-refractivity contribution in [2.45, 2.75) is 18.6 Å². The molecule has 0 aromatic carbocycles. The zero-order valence-corrected chi connectivity index (χ0v) is 17.7. The highest BCUT2D eigenvalue weighted by Gasteiger charge is 2.32. The van der Waals surface area contributed by atoms with E-state index in [4.69, 9.17) is 0 Å². The maximum atomic E-state index is 14.3. The van der Waals surface area contributed by atoms with E-state index in [0.717, 1.165) is 10.7 Å². The lowest BCUT2D eigenvalue weighted by atomic mass is 10.0. The number of halogens is 2. The maximum absolute atomic E-state index is 14.3. The third kappa shape index (κ3) is 4.10. The number of hydrogen-bond acceptors (Lipinski definition) is 7. The van der Waals surface area contributed by atoms with Gasteiger partial charge in [-0.05, 0) is 34.5 Å². The van der Waals surface area contributed by atoms with Gasteiger partial charge in [-0.15, -0.1) is 5.10 Å². The number of pyridine rings is 1. The number of hydrogen-bond donors (Lipinski definition) is 2. The first-order chi connectivity index (χ1) is 13.7. The summed E-state index contributed by atoms with van der Waals surface area (Å²) >= 11 is 3.32. The Labute approximate surface area is 174 Å². The van der Waals surface area contributed by atoms with E-state index in [-0.39, 0.29) is 24.6 Å². The molecule has 29 heavy (non-hydrogen) atoms. The first-order valence-electron chi connectivity index (χ1n) is 8.78. The highest BCUT2D eigenvalue weighted by atomic mass is 79.9. The Bertz CT molecular complexity index is 1150. The number of nitrogens with zero attached hydrogens (tertiary/aromatic N) is 5. The lowest BCUT2D eigenvalue weighted by Crippen LogP contribution is -2.51. The van der Waals surface area contributed by atoms with E-state index >= 15 is 0 Å².